The summed E-state index contributed by atoms with van der Waals surface area (Å²) in [5, 5.41) is 0. The van der Waals surface area contributed by atoms with Crippen LogP contribution in [0.2, 0.25) is 0 Å². The van der Waals surface area contributed by atoms with Gasteiger partial charge < -0.3 is 15.4 Å². The third-order valence-electron chi connectivity index (χ3n) is 3.23. The van der Waals surface area contributed by atoms with E-state index in [-0.39, 0.29) is 0 Å². The standard InChI is InChI=1S/C15H26N2O/c1-12(2)13-7-8-14(15(11-13)18-4)17(3)10-6-5-9-16/h7-8,11-12H,5-6,9-10,16H2,1-4H3. The Morgan fingerprint density at radius 2 is 2.00 bits per heavy atom. The van der Waals surface area contributed by atoms with Crippen LogP contribution in [0.5, 0.6) is 5.75 Å². The minimum atomic E-state index is 0.524. The van der Waals surface area contributed by atoms with Gasteiger partial charge in [-0.15, -0.1) is 0 Å². The van der Waals surface area contributed by atoms with Gasteiger partial charge in [0.25, 0.3) is 0 Å². The number of anilines is 1. The van der Waals surface area contributed by atoms with Crippen molar-refractivity contribution in [3.05, 3.63) is 23.8 Å². The SMILES string of the molecule is COc1cc(C(C)C)ccc1N(C)CCCCN. The molecule has 0 aliphatic rings. The molecule has 0 saturated carbocycles. The smallest absolute Gasteiger partial charge is 0.142 e. The first-order valence-corrected chi connectivity index (χ1v) is 6.69. The maximum Gasteiger partial charge on any atom is 0.142 e. The molecule has 0 spiro atoms. The van der Waals surface area contributed by atoms with E-state index in [2.05, 4.69) is 44.0 Å². The lowest BCUT2D eigenvalue weighted by molar-refractivity contribution is 0.414. The third-order valence-corrected chi connectivity index (χ3v) is 3.23. The Hall–Kier alpha value is -1.22. The highest BCUT2D eigenvalue weighted by Crippen LogP contribution is 2.31. The van der Waals surface area contributed by atoms with Gasteiger partial charge in [0.15, 0.2) is 0 Å². The monoisotopic (exact) mass is 250 g/mol. The lowest BCUT2D eigenvalue weighted by Crippen LogP contribution is -2.20. The summed E-state index contributed by atoms with van der Waals surface area (Å²) in [6.45, 7) is 6.16. The number of ether oxygens (including phenoxy) is 1. The van der Waals surface area contributed by atoms with Crippen LogP contribution >= 0.6 is 0 Å². The molecule has 0 bridgehead atoms. The van der Waals surface area contributed by atoms with E-state index in [1.807, 2.05) is 0 Å². The Bertz CT molecular complexity index is 364. The summed E-state index contributed by atoms with van der Waals surface area (Å²) in [6.07, 6.45) is 2.18. The summed E-state index contributed by atoms with van der Waals surface area (Å²) < 4.78 is 5.50. The molecule has 1 rings (SSSR count). The number of hydrogen-bond acceptors (Lipinski definition) is 3. The van der Waals surface area contributed by atoms with Gasteiger partial charge in [-0.25, -0.2) is 0 Å². The number of rotatable bonds is 7. The molecule has 0 atom stereocenters. The summed E-state index contributed by atoms with van der Waals surface area (Å²) in [4.78, 5) is 2.23. The van der Waals surface area contributed by atoms with Crippen LogP contribution in [0.3, 0.4) is 0 Å². The van der Waals surface area contributed by atoms with E-state index in [4.69, 9.17) is 10.5 Å². The quantitative estimate of drug-likeness (QED) is 0.756. The third kappa shape index (κ3) is 3.91. The zero-order valence-electron chi connectivity index (χ0n) is 12.1. The van der Waals surface area contributed by atoms with Crippen LogP contribution in [0.25, 0.3) is 0 Å². The van der Waals surface area contributed by atoms with Crippen molar-refractivity contribution in [3.8, 4) is 5.75 Å². The molecular formula is C15H26N2O. The van der Waals surface area contributed by atoms with E-state index >= 15 is 0 Å². The first-order valence-electron chi connectivity index (χ1n) is 6.69. The molecule has 102 valence electrons. The van der Waals surface area contributed by atoms with Crippen LogP contribution in [0.15, 0.2) is 18.2 Å². The molecule has 3 heteroatoms. The molecule has 3 nitrogen and oxygen atoms in total. The number of benzene rings is 1. The van der Waals surface area contributed by atoms with E-state index in [0.29, 0.717) is 5.92 Å². The minimum absolute atomic E-state index is 0.524. The number of hydrogen-bond donors (Lipinski definition) is 1. The van der Waals surface area contributed by atoms with Gasteiger partial charge in [0.1, 0.15) is 5.75 Å². The Morgan fingerprint density at radius 3 is 2.56 bits per heavy atom. The fraction of sp³-hybridized carbons (Fsp3) is 0.600. The van der Waals surface area contributed by atoms with Crippen molar-refractivity contribution in [3.63, 3.8) is 0 Å². The molecule has 1 aromatic rings. The van der Waals surface area contributed by atoms with Gasteiger partial charge in [-0.1, -0.05) is 19.9 Å². The van der Waals surface area contributed by atoms with Crippen molar-refractivity contribution >= 4 is 5.69 Å². The average molecular weight is 250 g/mol. The van der Waals surface area contributed by atoms with Crippen LogP contribution in [-0.2, 0) is 0 Å². The van der Waals surface area contributed by atoms with Crippen molar-refractivity contribution in [2.75, 3.05) is 32.1 Å². The fourth-order valence-electron chi connectivity index (χ4n) is 1.98. The van der Waals surface area contributed by atoms with Crippen LogP contribution in [0.1, 0.15) is 38.2 Å². The van der Waals surface area contributed by atoms with Crippen LogP contribution in [0, 0.1) is 0 Å². The molecule has 0 fully saturated rings. The van der Waals surface area contributed by atoms with Gasteiger partial charge in [0, 0.05) is 13.6 Å². The Morgan fingerprint density at radius 1 is 1.28 bits per heavy atom. The van der Waals surface area contributed by atoms with Crippen molar-refractivity contribution in [1.82, 2.24) is 0 Å². The van der Waals surface area contributed by atoms with Crippen LogP contribution in [0.4, 0.5) is 5.69 Å². The summed E-state index contributed by atoms with van der Waals surface area (Å²) in [6, 6.07) is 6.47. The van der Waals surface area contributed by atoms with Gasteiger partial charge in [0.05, 0.1) is 12.8 Å². The zero-order chi connectivity index (χ0) is 13.5. The predicted molar refractivity (Wildman–Crippen MR) is 78.6 cm³/mol. The minimum Gasteiger partial charge on any atom is -0.495 e. The molecule has 18 heavy (non-hydrogen) atoms. The van der Waals surface area contributed by atoms with Gasteiger partial charge in [-0.2, -0.15) is 0 Å². The van der Waals surface area contributed by atoms with Crippen molar-refractivity contribution in [1.29, 1.82) is 0 Å². The highest BCUT2D eigenvalue weighted by atomic mass is 16.5. The van der Waals surface area contributed by atoms with Crippen LogP contribution in [-0.4, -0.2) is 27.2 Å². The van der Waals surface area contributed by atoms with Gasteiger partial charge in [-0.05, 0) is 43.0 Å². The topological polar surface area (TPSA) is 38.5 Å². The lowest BCUT2D eigenvalue weighted by Gasteiger charge is -2.22. The second kappa shape index (κ2) is 7.27. The summed E-state index contributed by atoms with van der Waals surface area (Å²) in [5.41, 5.74) is 7.98. The molecular weight excluding hydrogens is 224 g/mol. The van der Waals surface area contributed by atoms with E-state index in [0.717, 1.165) is 37.4 Å². The Kier molecular flexibility index (Phi) is 5.99. The van der Waals surface area contributed by atoms with E-state index in [1.54, 1.807) is 7.11 Å². The first-order chi connectivity index (χ1) is 8.60. The summed E-state index contributed by atoms with van der Waals surface area (Å²) in [7, 11) is 3.83. The Balaban J connectivity index is 2.81. The average Bonchev–Trinajstić information content (AvgIpc) is 2.38. The number of methoxy groups -OCH3 is 1. The van der Waals surface area contributed by atoms with Crippen molar-refractivity contribution < 1.29 is 4.74 Å². The van der Waals surface area contributed by atoms with E-state index in [1.165, 1.54) is 5.56 Å². The number of unbranched alkanes of at least 4 members (excludes halogenated alkanes) is 1. The fourth-order valence-corrected chi connectivity index (χ4v) is 1.98. The molecule has 0 aromatic heterocycles. The molecule has 0 heterocycles. The highest BCUT2D eigenvalue weighted by molar-refractivity contribution is 5.59. The molecule has 0 aliphatic carbocycles. The number of nitrogens with two attached hydrogens (primary N) is 1. The lowest BCUT2D eigenvalue weighted by atomic mass is 10.0. The largest absolute Gasteiger partial charge is 0.495 e. The van der Waals surface area contributed by atoms with E-state index < -0.39 is 0 Å². The van der Waals surface area contributed by atoms with Gasteiger partial charge in [-0.3, -0.25) is 0 Å². The molecule has 0 radical (unpaired) electrons. The predicted octanol–water partition coefficient (Wildman–Crippen LogP) is 2.99. The van der Waals surface area contributed by atoms with Crippen molar-refractivity contribution in [2.45, 2.75) is 32.6 Å². The van der Waals surface area contributed by atoms with Gasteiger partial charge >= 0.3 is 0 Å². The molecule has 0 amide bonds. The molecule has 0 aliphatic heterocycles. The molecule has 0 saturated heterocycles. The highest BCUT2D eigenvalue weighted by Gasteiger charge is 2.10. The van der Waals surface area contributed by atoms with E-state index in [9.17, 15) is 0 Å². The maximum atomic E-state index is 5.52. The zero-order valence-corrected chi connectivity index (χ0v) is 12.1. The summed E-state index contributed by atoms with van der Waals surface area (Å²) in [5.74, 6) is 1.48. The van der Waals surface area contributed by atoms with Crippen molar-refractivity contribution in [2.24, 2.45) is 5.73 Å². The second-order valence-corrected chi connectivity index (χ2v) is 5.00. The molecule has 2 N–H and O–H groups in total. The molecule has 1 aromatic carbocycles. The maximum absolute atomic E-state index is 5.52. The van der Waals surface area contributed by atoms with Gasteiger partial charge in [0.2, 0.25) is 0 Å². The first kappa shape index (κ1) is 14.8. The second-order valence-electron chi connectivity index (χ2n) is 5.00. The van der Waals surface area contributed by atoms with Crippen LogP contribution < -0.4 is 15.4 Å². The summed E-state index contributed by atoms with van der Waals surface area (Å²) >= 11 is 0. The normalized spacial score (nSPS) is 10.8. The molecule has 0 unspecified atom stereocenters. The number of nitrogens with zero attached hydrogens (tertiary/aromatic N) is 1. The Labute approximate surface area is 111 Å².